The third-order valence-corrected chi connectivity index (χ3v) is 3.33. The number of benzene rings is 2. The van der Waals surface area contributed by atoms with Crippen LogP contribution in [0.3, 0.4) is 0 Å². The van der Waals surface area contributed by atoms with Gasteiger partial charge in [0.05, 0.1) is 12.7 Å². The molecule has 0 saturated heterocycles. The number of hydrogen-bond donors (Lipinski definition) is 2. The lowest BCUT2D eigenvalue weighted by Crippen LogP contribution is -2.02. The molecule has 0 amide bonds. The molecule has 3 rings (SSSR count). The van der Waals surface area contributed by atoms with Crippen molar-refractivity contribution in [2.45, 2.75) is 0 Å². The highest BCUT2D eigenvalue weighted by Gasteiger charge is 2.05. The van der Waals surface area contributed by atoms with E-state index >= 15 is 0 Å². The van der Waals surface area contributed by atoms with Gasteiger partial charge in [0.1, 0.15) is 11.6 Å². The van der Waals surface area contributed by atoms with Crippen molar-refractivity contribution < 1.29 is 13.9 Å². The maximum absolute atomic E-state index is 12.9. The van der Waals surface area contributed by atoms with Crippen molar-refractivity contribution in [3.63, 3.8) is 0 Å². The third kappa shape index (κ3) is 4.29. The molecule has 7 heteroatoms. The van der Waals surface area contributed by atoms with Crippen LogP contribution in [0.4, 0.5) is 27.5 Å². The van der Waals surface area contributed by atoms with Crippen LogP contribution < -0.4 is 10.6 Å². The molecule has 1 aromatic heterocycles. The first-order valence-corrected chi connectivity index (χ1v) is 7.45. The van der Waals surface area contributed by atoms with Crippen LogP contribution >= 0.6 is 0 Å². The van der Waals surface area contributed by atoms with Gasteiger partial charge in [-0.25, -0.2) is 14.2 Å². The summed E-state index contributed by atoms with van der Waals surface area (Å²) in [6.07, 6.45) is 1.60. The molecule has 0 bridgehead atoms. The highest BCUT2D eigenvalue weighted by Crippen LogP contribution is 2.18. The molecule has 0 fully saturated rings. The van der Waals surface area contributed by atoms with Gasteiger partial charge in [-0.15, -0.1) is 0 Å². The highest BCUT2D eigenvalue weighted by molar-refractivity contribution is 5.89. The van der Waals surface area contributed by atoms with Crippen LogP contribution in [0.2, 0.25) is 0 Å². The average molecular weight is 338 g/mol. The number of methoxy groups -OCH3 is 1. The second kappa shape index (κ2) is 7.39. The molecule has 0 spiro atoms. The Balaban J connectivity index is 1.71. The Morgan fingerprint density at radius 2 is 1.60 bits per heavy atom. The van der Waals surface area contributed by atoms with Crippen LogP contribution in [0.25, 0.3) is 0 Å². The van der Waals surface area contributed by atoms with Gasteiger partial charge >= 0.3 is 5.97 Å². The van der Waals surface area contributed by atoms with Crippen LogP contribution in [0.15, 0.2) is 60.8 Å². The zero-order chi connectivity index (χ0) is 17.6. The number of ether oxygens (including phenoxy) is 1. The molecule has 3 aromatic rings. The number of aromatic nitrogens is 2. The molecule has 6 nitrogen and oxygen atoms in total. The normalized spacial score (nSPS) is 10.2. The molecular formula is C18H15FN4O2. The van der Waals surface area contributed by atoms with Crippen LogP contribution in [-0.2, 0) is 4.74 Å². The maximum atomic E-state index is 12.9. The Labute approximate surface area is 143 Å². The van der Waals surface area contributed by atoms with Crippen LogP contribution in [-0.4, -0.2) is 23.0 Å². The first-order chi connectivity index (χ1) is 12.1. The van der Waals surface area contributed by atoms with Crippen molar-refractivity contribution in [3.8, 4) is 0 Å². The summed E-state index contributed by atoms with van der Waals surface area (Å²) in [5.74, 6) is 0.257. The number of carbonyl (C=O) groups is 1. The lowest BCUT2D eigenvalue weighted by atomic mass is 10.2. The van der Waals surface area contributed by atoms with Crippen molar-refractivity contribution >= 4 is 29.1 Å². The molecule has 0 unspecified atom stereocenters. The van der Waals surface area contributed by atoms with Gasteiger partial charge in [0.25, 0.3) is 0 Å². The van der Waals surface area contributed by atoms with Crippen molar-refractivity contribution in [1.29, 1.82) is 0 Å². The van der Waals surface area contributed by atoms with E-state index in [1.165, 1.54) is 19.2 Å². The predicted octanol–water partition coefficient (Wildman–Crippen LogP) is 3.89. The number of nitrogens with zero attached hydrogens (tertiary/aromatic N) is 2. The standard InChI is InChI=1S/C18H15FN4O2/c1-25-17(24)12-2-6-15(7-3-12)22-18-20-11-10-16(23-18)21-14-8-4-13(19)5-9-14/h2-11H,1H3,(H2,20,21,22,23). The summed E-state index contributed by atoms with van der Waals surface area (Å²) in [6, 6.07) is 14.4. The molecule has 126 valence electrons. The fourth-order valence-corrected chi connectivity index (χ4v) is 2.11. The lowest BCUT2D eigenvalue weighted by molar-refractivity contribution is 0.0601. The minimum atomic E-state index is -0.395. The van der Waals surface area contributed by atoms with Crippen LogP contribution in [0.1, 0.15) is 10.4 Å². The topological polar surface area (TPSA) is 76.1 Å². The zero-order valence-corrected chi connectivity index (χ0v) is 13.4. The van der Waals surface area contributed by atoms with Gasteiger partial charge in [-0.3, -0.25) is 0 Å². The smallest absolute Gasteiger partial charge is 0.337 e. The van der Waals surface area contributed by atoms with Gasteiger partial charge in [0.2, 0.25) is 5.95 Å². The van der Waals surface area contributed by atoms with Crippen LogP contribution in [0.5, 0.6) is 0 Å². The molecular weight excluding hydrogens is 323 g/mol. The van der Waals surface area contributed by atoms with E-state index < -0.39 is 5.97 Å². The minimum absolute atomic E-state index is 0.300. The number of anilines is 4. The number of halogens is 1. The summed E-state index contributed by atoms with van der Waals surface area (Å²) in [7, 11) is 1.34. The van der Waals surface area contributed by atoms with Crippen molar-refractivity contribution in [2.24, 2.45) is 0 Å². The van der Waals surface area contributed by atoms with Gasteiger partial charge in [-0.1, -0.05) is 0 Å². The number of carbonyl (C=O) groups excluding carboxylic acids is 1. The quantitative estimate of drug-likeness (QED) is 0.687. The molecule has 0 aliphatic carbocycles. The Kier molecular flexibility index (Phi) is 4.84. The van der Waals surface area contributed by atoms with E-state index in [0.29, 0.717) is 23.0 Å². The van der Waals surface area contributed by atoms with E-state index in [1.54, 1.807) is 48.7 Å². The van der Waals surface area contributed by atoms with Gasteiger partial charge in [0, 0.05) is 17.6 Å². The predicted molar refractivity (Wildman–Crippen MR) is 92.8 cm³/mol. The number of hydrogen-bond acceptors (Lipinski definition) is 6. The minimum Gasteiger partial charge on any atom is -0.465 e. The molecule has 1 heterocycles. The molecule has 0 saturated carbocycles. The van der Waals surface area contributed by atoms with Gasteiger partial charge in [-0.2, -0.15) is 4.98 Å². The van der Waals surface area contributed by atoms with Gasteiger partial charge in [0.15, 0.2) is 0 Å². The summed E-state index contributed by atoms with van der Waals surface area (Å²) in [5.41, 5.74) is 1.90. The number of nitrogens with one attached hydrogen (secondary N) is 2. The second-order valence-electron chi connectivity index (χ2n) is 5.09. The Bertz CT molecular complexity index is 867. The number of esters is 1. The van der Waals surface area contributed by atoms with Crippen LogP contribution in [0, 0.1) is 5.82 Å². The van der Waals surface area contributed by atoms with E-state index in [1.807, 2.05) is 0 Å². The van der Waals surface area contributed by atoms with Crippen molar-refractivity contribution in [2.75, 3.05) is 17.7 Å². The second-order valence-corrected chi connectivity index (χ2v) is 5.09. The fourth-order valence-electron chi connectivity index (χ4n) is 2.11. The van der Waals surface area contributed by atoms with E-state index in [-0.39, 0.29) is 5.82 Å². The molecule has 2 N–H and O–H groups in total. The Morgan fingerprint density at radius 1 is 0.960 bits per heavy atom. The SMILES string of the molecule is COC(=O)c1ccc(Nc2nccc(Nc3ccc(F)cc3)n2)cc1. The van der Waals surface area contributed by atoms with Crippen molar-refractivity contribution in [1.82, 2.24) is 9.97 Å². The molecule has 0 radical (unpaired) electrons. The van der Waals surface area contributed by atoms with E-state index in [4.69, 9.17) is 0 Å². The first-order valence-electron chi connectivity index (χ1n) is 7.45. The summed E-state index contributed by atoms with van der Waals surface area (Å²) in [5, 5.41) is 6.12. The Hall–Kier alpha value is -3.48. The van der Waals surface area contributed by atoms with E-state index in [2.05, 4.69) is 25.3 Å². The van der Waals surface area contributed by atoms with E-state index in [9.17, 15) is 9.18 Å². The Morgan fingerprint density at radius 3 is 2.28 bits per heavy atom. The van der Waals surface area contributed by atoms with E-state index in [0.717, 1.165) is 5.69 Å². The maximum Gasteiger partial charge on any atom is 0.337 e. The highest BCUT2D eigenvalue weighted by atomic mass is 19.1. The molecule has 0 aliphatic rings. The average Bonchev–Trinajstić information content (AvgIpc) is 2.64. The van der Waals surface area contributed by atoms with Crippen molar-refractivity contribution in [3.05, 3.63) is 72.2 Å². The molecule has 0 aliphatic heterocycles. The summed E-state index contributed by atoms with van der Waals surface area (Å²) >= 11 is 0. The molecule has 2 aromatic carbocycles. The first kappa shape index (κ1) is 16.4. The molecule has 25 heavy (non-hydrogen) atoms. The number of rotatable bonds is 5. The monoisotopic (exact) mass is 338 g/mol. The zero-order valence-electron chi connectivity index (χ0n) is 13.4. The lowest BCUT2D eigenvalue weighted by Gasteiger charge is -2.09. The fraction of sp³-hybridized carbons (Fsp3) is 0.0556. The van der Waals surface area contributed by atoms with Gasteiger partial charge < -0.3 is 15.4 Å². The summed E-state index contributed by atoms with van der Waals surface area (Å²) < 4.78 is 17.6. The summed E-state index contributed by atoms with van der Waals surface area (Å²) in [6.45, 7) is 0. The largest absolute Gasteiger partial charge is 0.465 e. The summed E-state index contributed by atoms with van der Waals surface area (Å²) in [4.78, 5) is 19.9. The molecule has 0 atom stereocenters. The van der Waals surface area contributed by atoms with Gasteiger partial charge in [-0.05, 0) is 54.6 Å². The third-order valence-electron chi connectivity index (χ3n) is 3.33.